The fraction of sp³-hybridized carbons (Fsp3) is 0.467. The van der Waals surface area contributed by atoms with Crippen LogP contribution in [-0.4, -0.2) is 44.0 Å². The molecule has 0 saturated carbocycles. The van der Waals surface area contributed by atoms with Gasteiger partial charge in [-0.25, -0.2) is 0 Å². The van der Waals surface area contributed by atoms with E-state index in [1.165, 1.54) is 0 Å². The number of carbonyl (C=O) groups is 2. The van der Waals surface area contributed by atoms with E-state index in [9.17, 15) is 9.59 Å². The van der Waals surface area contributed by atoms with E-state index in [-0.39, 0.29) is 17.7 Å². The molecule has 0 unspecified atom stereocenters. The summed E-state index contributed by atoms with van der Waals surface area (Å²) in [5, 5.41) is 2.66. The van der Waals surface area contributed by atoms with E-state index in [1.54, 1.807) is 37.3 Å². The molecular formula is C15H21N3O3. The van der Waals surface area contributed by atoms with Crippen LogP contribution >= 0.6 is 0 Å². The smallest absolute Gasteiger partial charge is 0.256 e. The highest BCUT2D eigenvalue weighted by Gasteiger charge is 2.28. The normalized spacial score (nSPS) is 15.6. The first-order valence-electron chi connectivity index (χ1n) is 7.01. The molecule has 1 fully saturated rings. The molecule has 0 spiro atoms. The Bertz CT molecular complexity index is 537. The first-order chi connectivity index (χ1) is 10.1. The zero-order chi connectivity index (χ0) is 15.4. The highest BCUT2D eigenvalue weighted by Crippen LogP contribution is 2.24. The highest BCUT2D eigenvalue weighted by molar-refractivity contribution is 5.99. The first kappa shape index (κ1) is 15.2. The number of amides is 2. The number of carbonyl (C=O) groups excluding carboxylic acids is 2. The summed E-state index contributed by atoms with van der Waals surface area (Å²) >= 11 is 0. The van der Waals surface area contributed by atoms with E-state index in [0.29, 0.717) is 42.9 Å². The average molecular weight is 291 g/mol. The number of hydrogen-bond donors (Lipinski definition) is 2. The fourth-order valence-electron chi connectivity index (χ4n) is 2.57. The van der Waals surface area contributed by atoms with E-state index in [0.717, 1.165) is 0 Å². The lowest BCUT2D eigenvalue weighted by Crippen LogP contribution is -2.42. The van der Waals surface area contributed by atoms with Crippen molar-refractivity contribution < 1.29 is 14.3 Å². The third-order valence-corrected chi connectivity index (χ3v) is 3.89. The minimum Gasteiger partial charge on any atom is -0.497 e. The Morgan fingerprint density at radius 1 is 1.33 bits per heavy atom. The minimum absolute atomic E-state index is 0.0123. The second kappa shape index (κ2) is 6.47. The van der Waals surface area contributed by atoms with Gasteiger partial charge in [-0.2, -0.15) is 0 Å². The van der Waals surface area contributed by atoms with Gasteiger partial charge < -0.3 is 20.7 Å². The number of methoxy groups -OCH3 is 1. The van der Waals surface area contributed by atoms with Gasteiger partial charge >= 0.3 is 0 Å². The second-order valence-corrected chi connectivity index (χ2v) is 5.13. The Morgan fingerprint density at radius 2 is 2.00 bits per heavy atom. The maximum absolute atomic E-state index is 12.5. The zero-order valence-corrected chi connectivity index (χ0v) is 12.4. The number of rotatable bonds is 3. The lowest BCUT2D eigenvalue weighted by Gasteiger charge is -2.31. The van der Waals surface area contributed by atoms with E-state index >= 15 is 0 Å². The van der Waals surface area contributed by atoms with Crippen molar-refractivity contribution in [3.05, 3.63) is 23.8 Å². The third-order valence-electron chi connectivity index (χ3n) is 3.89. The molecule has 2 rings (SSSR count). The quantitative estimate of drug-likeness (QED) is 0.810. The Kier molecular flexibility index (Phi) is 4.67. The van der Waals surface area contributed by atoms with Crippen molar-refractivity contribution in [2.45, 2.75) is 12.8 Å². The van der Waals surface area contributed by atoms with Crippen LogP contribution in [0.2, 0.25) is 0 Å². The van der Waals surface area contributed by atoms with E-state index in [2.05, 4.69) is 5.32 Å². The molecule has 1 aromatic rings. The Morgan fingerprint density at radius 3 is 2.57 bits per heavy atom. The standard InChI is InChI=1S/C15H21N3O3/c1-17-14(19)10-5-7-18(8-6-10)15(20)12-9-11(21-2)3-4-13(12)16/h3-4,9-10H,5-8,16H2,1-2H3,(H,17,19). The van der Waals surface area contributed by atoms with Gasteiger partial charge in [0.2, 0.25) is 5.91 Å². The van der Waals surface area contributed by atoms with Gasteiger partial charge in [-0.15, -0.1) is 0 Å². The van der Waals surface area contributed by atoms with Crippen LogP contribution in [0.3, 0.4) is 0 Å². The summed E-state index contributed by atoms with van der Waals surface area (Å²) in [5.41, 5.74) is 6.77. The van der Waals surface area contributed by atoms with Gasteiger partial charge in [0.1, 0.15) is 5.75 Å². The van der Waals surface area contributed by atoms with Crippen LogP contribution in [0.1, 0.15) is 23.2 Å². The molecule has 1 aromatic carbocycles. The van der Waals surface area contributed by atoms with Crippen LogP contribution in [-0.2, 0) is 4.79 Å². The van der Waals surface area contributed by atoms with Crippen molar-refractivity contribution >= 4 is 17.5 Å². The maximum Gasteiger partial charge on any atom is 0.256 e. The molecule has 1 aliphatic heterocycles. The number of nitrogen functional groups attached to an aromatic ring is 1. The number of hydrogen-bond acceptors (Lipinski definition) is 4. The van der Waals surface area contributed by atoms with Crippen molar-refractivity contribution in [2.75, 3.05) is 33.0 Å². The summed E-state index contributed by atoms with van der Waals surface area (Å²) < 4.78 is 5.13. The second-order valence-electron chi connectivity index (χ2n) is 5.13. The van der Waals surface area contributed by atoms with E-state index in [4.69, 9.17) is 10.5 Å². The highest BCUT2D eigenvalue weighted by atomic mass is 16.5. The number of ether oxygens (including phenoxy) is 1. The number of nitrogens with one attached hydrogen (secondary N) is 1. The van der Waals surface area contributed by atoms with Crippen LogP contribution in [0.25, 0.3) is 0 Å². The molecule has 2 amide bonds. The van der Waals surface area contributed by atoms with Crippen LogP contribution in [0.15, 0.2) is 18.2 Å². The molecule has 1 heterocycles. The summed E-state index contributed by atoms with van der Waals surface area (Å²) in [6.45, 7) is 1.13. The summed E-state index contributed by atoms with van der Waals surface area (Å²) in [7, 11) is 3.19. The van der Waals surface area contributed by atoms with Crippen molar-refractivity contribution in [3.8, 4) is 5.75 Å². The van der Waals surface area contributed by atoms with E-state index < -0.39 is 0 Å². The van der Waals surface area contributed by atoms with Crippen LogP contribution in [0.5, 0.6) is 5.75 Å². The molecular weight excluding hydrogens is 270 g/mol. The molecule has 0 aromatic heterocycles. The van der Waals surface area contributed by atoms with Gasteiger partial charge in [-0.05, 0) is 31.0 Å². The van der Waals surface area contributed by atoms with E-state index in [1.807, 2.05) is 0 Å². The third kappa shape index (κ3) is 3.26. The molecule has 1 saturated heterocycles. The lowest BCUT2D eigenvalue weighted by atomic mass is 9.95. The monoisotopic (exact) mass is 291 g/mol. The lowest BCUT2D eigenvalue weighted by molar-refractivity contribution is -0.125. The Labute approximate surface area is 124 Å². The van der Waals surface area contributed by atoms with Crippen molar-refractivity contribution in [1.82, 2.24) is 10.2 Å². The predicted octanol–water partition coefficient (Wildman–Crippen LogP) is 0.876. The minimum atomic E-state index is -0.109. The zero-order valence-electron chi connectivity index (χ0n) is 12.4. The number of nitrogens with zero attached hydrogens (tertiary/aromatic N) is 1. The molecule has 0 radical (unpaired) electrons. The molecule has 114 valence electrons. The number of benzene rings is 1. The van der Waals surface area contributed by atoms with Crippen LogP contribution in [0, 0.1) is 5.92 Å². The number of likely N-dealkylation sites (tertiary alicyclic amines) is 1. The molecule has 1 aliphatic rings. The van der Waals surface area contributed by atoms with Crippen molar-refractivity contribution in [3.63, 3.8) is 0 Å². The molecule has 0 atom stereocenters. The maximum atomic E-state index is 12.5. The summed E-state index contributed by atoms with van der Waals surface area (Å²) in [6, 6.07) is 5.05. The predicted molar refractivity (Wildman–Crippen MR) is 80.1 cm³/mol. The SMILES string of the molecule is CNC(=O)C1CCN(C(=O)c2cc(OC)ccc2N)CC1. The summed E-state index contributed by atoms with van der Waals surface area (Å²) in [5.74, 6) is 0.527. The number of anilines is 1. The van der Waals surface area contributed by atoms with Crippen LogP contribution < -0.4 is 15.8 Å². The molecule has 6 heteroatoms. The molecule has 21 heavy (non-hydrogen) atoms. The molecule has 3 N–H and O–H groups in total. The molecule has 6 nitrogen and oxygen atoms in total. The summed E-state index contributed by atoms with van der Waals surface area (Å²) in [6.07, 6.45) is 1.35. The largest absolute Gasteiger partial charge is 0.497 e. The first-order valence-corrected chi connectivity index (χ1v) is 7.01. The van der Waals surface area contributed by atoms with Gasteiger partial charge in [0.25, 0.3) is 5.91 Å². The Balaban J connectivity index is 2.07. The van der Waals surface area contributed by atoms with Crippen LogP contribution in [0.4, 0.5) is 5.69 Å². The van der Waals surface area contributed by atoms with Gasteiger partial charge in [0.15, 0.2) is 0 Å². The van der Waals surface area contributed by atoms with Crippen molar-refractivity contribution in [1.29, 1.82) is 0 Å². The molecule has 0 bridgehead atoms. The number of piperidine rings is 1. The number of nitrogens with two attached hydrogens (primary N) is 1. The Hall–Kier alpha value is -2.24. The van der Waals surface area contributed by atoms with Gasteiger partial charge in [0, 0.05) is 31.7 Å². The average Bonchev–Trinajstić information content (AvgIpc) is 2.54. The van der Waals surface area contributed by atoms with Crippen molar-refractivity contribution in [2.24, 2.45) is 5.92 Å². The van der Waals surface area contributed by atoms with Gasteiger partial charge in [-0.1, -0.05) is 0 Å². The van der Waals surface area contributed by atoms with Gasteiger partial charge in [-0.3, -0.25) is 9.59 Å². The summed E-state index contributed by atoms with van der Waals surface area (Å²) in [4.78, 5) is 25.9. The fourth-order valence-corrected chi connectivity index (χ4v) is 2.57. The topological polar surface area (TPSA) is 84.7 Å². The van der Waals surface area contributed by atoms with Gasteiger partial charge in [0.05, 0.1) is 12.7 Å². The molecule has 0 aliphatic carbocycles.